The molecule has 1 amide bonds. The normalized spacial score (nSPS) is 10.5. The number of carbonyl (C=O) groups excluding carboxylic acids is 1. The Morgan fingerprint density at radius 3 is 2.77 bits per heavy atom. The number of thiophene rings is 1. The summed E-state index contributed by atoms with van der Waals surface area (Å²) in [5.74, 6) is 0.825. The highest BCUT2D eigenvalue weighted by Gasteiger charge is 2.15. The maximum atomic E-state index is 12.2. The lowest BCUT2D eigenvalue weighted by Crippen LogP contribution is -2.14. The average molecular weight is 384 g/mol. The van der Waals surface area contributed by atoms with Crippen LogP contribution in [0.4, 0.5) is 5.00 Å². The highest BCUT2D eigenvalue weighted by molar-refractivity contribution is 7.99. The molecule has 0 saturated carbocycles. The lowest BCUT2D eigenvalue weighted by Gasteiger charge is -2.07. The highest BCUT2D eigenvalue weighted by Crippen LogP contribution is 2.25. The molecule has 0 radical (unpaired) electrons. The summed E-state index contributed by atoms with van der Waals surface area (Å²) in [5, 5.41) is 23.4. The van der Waals surface area contributed by atoms with E-state index in [4.69, 9.17) is 5.26 Å². The third kappa shape index (κ3) is 3.95. The van der Waals surface area contributed by atoms with E-state index in [1.54, 1.807) is 11.4 Å². The van der Waals surface area contributed by atoms with Crippen molar-refractivity contribution in [1.82, 2.24) is 14.8 Å². The molecule has 3 aromatic rings. The summed E-state index contributed by atoms with van der Waals surface area (Å²) in [6, 6.07) is 11.9. The maximum absolute atomic E-state index is 12.2. The minimum Gasteiger partial charge on any atom is -0.316 e. The Kier molecular flexibility index (Phi) is 5.71. The molecule has 0 aliphatic carbocycles. The van der Waals surface area contributed by atoms with Crippen LogP contribution in [0.15, 0.2) is 40.9 Å². The molecule has 0 fully saturated rings. The van der Waals surface area contributed by atoms with Crippen molar-refractivity contribution in [2.24, 2.45) is 0 Å². The minimum absolute atomic E-state index is 0.170. The number of thioether (sulfide) groups is 1. The summed E-state index contributed by atoms with van der Waals surface area (Å²) < 4.78 is 1.99. The zero-order valence-electron chi connectivity index (χ0n) is 14.4. The molecule has 2 aromatic heterocycles. The third-order valence-corrected chi connectivity index (χ3v) is 5.51. The van der Waals surface area contributed by atoms with Crippen molar-refractivity contribution in [2.75, 3.05) is 11.1 Å². The summed E-state index contributed by atoms with van der Waals surface area (Å²) in [6.07, 6.45) is 0. The van der Waals surface area contributed by atoms with Gasteiger partial charge >= 0.3 is 0 Å². The van der Waals surface area contributed by atoms with Gasteiger partial charge in [-0.25, -0.2) is 0 Å². The molecule has 2 heterocycles. The van der Waals surface area contributed by atoms with Crippen molar-refractivity contribution in [3.63, 3.8) is 0 Å². The fourth-order valence-electron chi connectivity index (χ4n) is 2.38. The first-order valence-electron chi connectivity index (χ1n) is 8.03. The first-order valence-corrected chi connectivity index (χ1v) is 9.89. The van der Waals surface area contributed by atoms with Gasteiger partial charge in [0, 0.05) is 12.1 Å². The SMILES string of the molecule is CCn1c(SCC(=O)Nc2sccc2C#N)nnc1-c1ccc(C)cc1. The van der Waals surface area contributed by atoms with Crippen LogP contribution in [0.5, 0.6) is 0 Å². The number of rotatable bonds is 6. The molecule has 132 valence electrons. The van der Waals surface area contributed by atoms with Gasteiger partial charge in [-0.1, -0.05) is 41.6 Å². The Morgan fingerprint density at radius 2 is 2.08 bits per heavy atom. The van der Waals surface area contributed by atoms with Crippen LogP contribution >= 0.6 is 23.1 Å². The van der Waals surface area contributed by atoms with E-state index >= 15 is 0 Å². The van der Waals surface area contributed by atoms with Crippen molar-refractivity contribution in [1.29, 1.82) is 5.26 Å². The molecule has 0 atom stereocenters. The molecule has 0 bridgehead atoms. The van der Waals surface area contributed by atoms with E-state index in [9.17, 15) is 4.79 Å². The Balaban J connectivity index is 1.69. The number of amides is 1. The fourth-order valence-corrected chi connectivity index (χ4v) is 3.94. The number of benzene rings is 1. The summed E-state index contributed by atoms with van der Waals surface area (Å²) in [7, 11) is 0. The van der Waals surface area contributed by atoms with Gasteiger partial charge in [0.05, 0.1) is 11.3 Å². The molecular formula is C18H17N5OS2. The maximum Gasteiger partial charge on any atom is 0.235 e. The lowest BCUT2D eigenvalue weighted by atomic mass is 10.1. The summed E-state index contributed by atoms with van der Waals surface area (Å²) in [5.41, 5.74) is 2.66. The van der Waals surface area contributed by atoms with E-state index in [0.29, 0.717) is 22.3 Å². The summed E-state index contributed by atoms with van der Waals surface area (Å²) in [4.78, 5) is 12.2. The molecule has 1 N–H and O–H groups in total. The van der Waals surface area contributed by atoms with Gasteiger partial charge < -0.3 is 9.88 Å². The fraction of sp³-hybridized carbons (Fsp3) is 0.222. The van der Waals surface area contributed by atoms with Crippen LogP contribution in [0.1, 0.15) is 18.1 Å². The Morgan fingerprint density at radius 1 is 1.31 bits per heavy atom. The largest absolute Gasteiger partial charge is 0.316 e. The zero-order valence-corrected chi connectivity index (χ0v) is 16.0. The van der Waals surface area contributed by atoms with Crippen molar-refractivity contribution in [3.05, 3.63) is 46.8 Å². The van der Waals surface area contributed by atoms with Crippen LogP contribution in [-0.4, -0.2) is 26.4 Å². The van der Waals surface area contributed by atoms with Gasteiger partial charge in [0.25, 0.3) is 0 Å². The molecule has 0 saturated heterocycles. The first-order chi connectivity index (χ1) is 12.6. The van der Waals surface area contributed by atoms with E-state index in [1.165, 1.54) is 28.7 Å². The van der Waals surface area contributed by atoms with Gasteiger partial charge in [0.2, 0.25) is 5.91 Å². The zero-order chi connectivity index (χ0) is 18.5. The van der Waals surface area contributed by atoms with Crippen molar-refractivity contribution in [2.45, 2.75) is 25.5 Å². The van der Waals surface area contributed by atoms with E-state index in [-0.39, 0.29) is 11.7 Å². The van der Waals surface area contributed by atoms with Crippen LogP contribution in [0.2, 0.25) is 0 Å². The average Bonchev–Trinajstić information content (AvgIpc) is 3.26. The quantitative estimate of drug-likeness (QED) is 0.652. The highest BCUT2D eigenvalue weighted by atomic mass is 32.2. The second-order valence-electron chi connectivity index (χ2n) is 5.53. The van der Waals surface area contributed by atoms with Crippen molar-refractivity contribution >= 4 is 34.0 Å². The van der Waals surface area contributed by atoms with Crippen molar-refractivity contribution < 1.29 is 4.79 Å². The van der Waals surface area contributed by atoms with Gasteiger partial charge in [-0.3, -0.25) is 4.79 Å². The number of aromatic nitrogens is 3. The number of hydrogen-bond donors (Lipinski definition) is 1. The van der Waals surface area contributed by atoms with Gasteiger partial charge in [0.15, 0.2) is 11.0 Å². The molecule has 26 heavy (non-hydrogen) atoms. The van der Waals surface area contributed by atoms with E-state index < -0.39 is 0 Å². The van der Waals surface area contributed by atoms with Gasteiger partial charge in [-0.15, -0.1) is 21.5 Å². The summed E-state index contributed by atoms with van der Waals surface area (Å²) >= 11 is 2.67. The molecule has 3 rings (SSSR count). The van der Waals surface area contributed by atoms with E-state index in [2.05, 4.69) is 21.6 Å². The van der Waals surface area contributed by atoms with Crippen LogP contribution < -0.4 is 5.32 Å². The molecule has 8 heteroatoms. The molecule has 0 aliphatic rings. The van der Waals surface area contributed by atoms with Gasteiger partial charge in [-0.05, 0) is 25.3 Å². The number of nitrogens with zero attached hydrogens (tertiary/aromatic N) is 4. The molecule has 0 spiro atoms. The molecule has 1 aromatic carbocycles. The smallest absolute Gasteiger partial charge is 0.235 e. The number of nitriles is 1. The Labute approximate surface area is 159 Å². The Hall–Kier alpha value is -2.63. The number of anilines is 1. The van der Waals surface area contributed by atoms with Crippen molar-refractivity contribution in [3.8, 4) is 17.5 Å². The molecule has 6 nitrogen and oxygen atoms in total. The Bertz CT molecular complexity index is 953. The molecule has 0 aliphatic heterocycles. The molecule has 0 unspecified atom stereocenters. The van der Waals surface area contributed by atoms with Crippen LogP contribution in [0.3, 0.4) is 0 Å². The lowest BCUT2D eigenvalue weighted by molar-refractivity contribution is -0.113. The second kappa shape index (κ2) is 8.17. The van der Waals surface area contributed by atoms with E-state index in [0.717, 1.165) is 11.4 Å². The van der Waals surface area contributed by atoms with Crippen LogP contribution in [0.25, 0.3) is 11.4 Å². The number of hydrogen-bond acceptors (Lipinski definition) is 6. The standard InChI is InChI=1S/C18H17N5OS2/c1-3-23-16(13-6-4-12(2)5-7-13)21-22-18(23)26-11-15(24)20-17-14(10-19)8-9-25-17/h4-9H,3,11H2,1-2H3,(H,20,24). The van der Waals surface area contributed by atoms with Gasteiger partial charge in [-0.2, -0.15) is 5.26 Å². The monoisotopic (exact) mass is 383 g/mol. The third-order valence-electron chi connectivity index (χ3n) is 3.71. The number of carbonyl (C=O) groups is 1. The molecular weight excluding hydrogens is 366 g/mol. The number of nitrogens with one attached hydrogen (secondary N) is 1. The van der Waals surface area contributed by atoms with Gasteiger partial charge in [0.1, 0.15) is 11.1 Å². The topological polar surface area (TPSA) is 83.6 Å². The predicted octanol–water partition coefficient (Wildman–Crippen LogP) is 3.94. The second-order valence-corrected chi connectivity index (χ2v) is 7.39. The van der Waals surface area contributed by atoms with Crippen LogP contribution in [-0.2, 0) is 11.3 Å². The first kappa shape index (κ1) is 18.2. The number of aryl methyl sites for hydroxylation is 1. The predicted molar refractivity (Wildman–Crippen MR) is 104 cm³/mol. The van der Waals surface area contributed by atoms with Crippen LogP contribution in [0, 0.1) is 18.3 Å². The summed E-state index contributed by atoms with van der Waals surface area (Å²) in [6.45, 7) is 4.78. The van der Waals surface area contributed by atoms with E-state index in [1.807, 2.05) is 42.7 Å². The minimum atomic E-state index is -0.170.